The first-order chi connectivity index (χ1) is 18.8. The lowest BCUT2D eigenvalue weighted by Crippen LogP contribution is -2.52. The highest BCUT2D eigenvalue weighted by Crippen LogP contribution is 2.65. The number of aliphatic hydroxyl groups is 1. The van der Waals surface area contributed by atoms with Gasteiger partial charge in [0.25, 0.3) is 0 Å². The van der Waals surface area contributed by atoms with E-state index in [1.165, 1.54) is 17.6 Å². The average Bonchev–Trinajstić information content (AvgIpc) is 3.28. The van der Waals surface area contributed by atoms with Gasteiger partial charge in [0.2, 0.25) is 0 Å². The van der Waals surface area contributed by atoms with Crippen molar-refractivity contribution < 1.29 is 14.6 Å². The van der Waals surface area contributed by atoms with Crippen LogP contribution in [0.5, 0.6) is 5.75 Å². The van der Waals surface area contributed by atoms with Crippen LogP contribution in [0.2, 0.25) is 0 Å². The molecular weight excluding hydrogens is 482 g/mol. The Bertz CT molecular complexity index is 1030. The maximum absolute atomic E-state index is 12.2. The minimum absolute atomic E-state index is 0.0211. The standard InChI is InChI=1S/C35H53NO3/c1-5-9-32(36-26(6-2)7-3)24-10-8-11-28(22-24)39-21-20-35-19-17-30-29(31(35)14-15-33(35)38)13-12-25-23-27(37)16-18-34(25,30)4/h8,10-12,22,26,29-33,36,38H,5-7,9,13-21,23H2,1-4H3/t29?,30?,31?,32?,33-,34-,35+/m0/s1. The molecule has 216 valence electrons. The van der Waals surface area contributed by atoms with Gasteiger partial charge in [-0.3, -0.25) is 4.79 Å². The summed E-state index contributed by atoms with van der Waals surface area (Å²) < 4.78 is 6.45. The molecule has 4 unspecified atom stereocenters. The second-order valence-corrected chi connectivity index (χ2v) is 13.5. The van der Waals surface area contributed by atoms with E-state index in [4.69, 9.17) is 4.74 Å². The molecule has 1 aromatic rings. The Kier molecular flexibility index (Phi) is 8.93. The molecule has 3 fully saturated rings. The van der Waals surface area contributed by atoms with E-state index in [2.05, 4.69) is 63.4 Å². The molecule has 0 heterocycles. The number of Topliss-reactive ketones (excluding diaryl/α,β-unsaturated/α-hetero) is 1. The quantitative estimate of drug-likeness (QED) is 0.282. The van der Waals surface area contributed by atoms with Gasteiger partial charge in [0.1, 0.15) is 11.5 Å². The van der Waals surface area contributed by atoms with Crippen molar-refractivity contribution in [2.45, 2.75) is 129 Å². The summed E-state index contributed by atoms with van der Waals surface area (Å²) in [5.74, 6) is 3.23. The summed E-state index contributed by atoms with van der Waals surface area (Å²) in [7, 11) is 0. The fraction of sp³-hybridized carbons (Fsp3) is 0.743. The Balaban J connectivity index is 1.27. The lowest BCUT2D eigenvalue weighted by atomic mass is 9.47. The molecule has 0 aliphatic heterocycles. The summed E-state index contributed by atoms with van der Waals surface area (Å²) in [6.07, 6.45) is 15.6. The summed E-state index contributed by atoms with van der Waals surface area (Å²) in [5, 5.41) is 15.3. The molecule has 2 N–H and O–H groups in total. The number of ketones is 1. The highest BCUT2D eigenvalue weighted by Gasteiger charge is 2.60. The lowest BCUT2D eigenvalue weighted by molar-refractivity contribution is -0.123. The van der Waals surface area contributed by atoms with Crippen LogP contribution in [0.15, 0.2) is 35.9 Å². The van der Waals surface area contributed by atoms with Crippen LogP contribution < -0.4 is 10.1 Å². The van der Waals surface area contributed by atoms with Crippen molar-refractivity contribution >= 4 is 5.78 Å². The van der Waals surface area contributed by atoms with E-state index < -0.39 is 0 Å². The van der Waals surface area contributed by atoms with Crippen molar-refractivity contribution in [3.8, 4) is 5.75 Å². The van der Waals surface area contributed by atoms with Crippen molar-refractivity contribution in [1.82, 2.24) is 5.32 Å². The van der Waals surface area contributed by atoms with Crippen molar-refractivity contribution in [2.75, 3.05) is 6.61 Å². The van der Waals surface area contributed by atoms with Crippen molar-refractivity contribution in [3.63, 3.8) is 0 Å². The molecule has 7 atom stereocenters. The van der Waals surface area contributed by atoms with Gasteiger partial charge >= 0.3 is 0 Å². The lowest BCUT2D eigenvalue weighted by Gasteiger charge is -2.57. The van der Waals surface area contributed by atoms with E-state index in [0.29, 0.717) is 48.6 Å². The minimum atomic E-state index is -0.220. The molecule has 0 amide bonds. The Morgan fingerprint density at radius 3 is 2.69 bits per heavy atom. The molecule has 39 heavy (non-hydrogen) atoms. The minimum Gasteiger partial charge on any atom is -0.494 e. The van der Waals surface area contributed by atoms with Gasteiger partial charge in [0, 0.05) is 30.3 Å². The number of allylic oxidation sites excluding steroid dienone is 2. The predicted molar refractivity (Wildman–Crippen MR) is 159 cm³/mol. The normalized spacial score (nSPS) is 34.7. The number of hydrogen-bond donors (Lipinski definition) is 2. The summed E-state index contributed by atoms with van der Waals surface area (Å²) in [4.78, 5) is 12.2. The van der Waals surface area contributed by atoms with Gasteiger partial charge in [-0.25, -0.2) is 0 Å². The second kappa shape index (κ2) is 12.1. The largest absolute Gasteiger partial charge is 0.494 e. The van der Waals surface area contributed by atoms with Crippen LogP contribution in [0.1, 0.15) is 123 Å². The van der Waals surface area contributed by atoms with Gasteiger partial charge in [-0.1, -0.05) is 57.9 Å². The summed E-state index contributed by atoms with van der Waals surface area (Å²) >= 11 is 0. The number of rotatable bonds is 11. The molecule has 0 saturated heterocycles. The zero-order chi connectivity index (χ0) is 27.6. The zero-order valence-corrected chi connectivity index (χ0v) is 25.0. The predicted octanol–water partition coefficient (Wildman–Crippen LogP) is 7.95. The van der Waals surface area contributed by atoms with Crippen molar-refractivity contribution in [2.24, 2.45) is 28.6 Å². The smallest absolute Gasteiger partial charge is 0.136 e. The molecule has 0 spiro atoms. The summed E-state index contributed by atoms with van der Waals surface area (Å²) in [5.41, 5.74) is 2.91. The maximum atomic E-state index is 12.2. The maximum Gasteiger partial charge on any atom is 0.136 e. The molecule has 3 saturated carbocycles. The van der Waals surface area contributed by atoms with Crippen LogP contribution in [0.25, 0.3) is 0 Å². The van der Waals surface area contributed by atoms with Crippen molar-refractivity contribution in [1.29, 1.82) is 0 Å². The number of carbonyl (C=O) groups excluding carboxylic acids is 1. The third-order valence-electron chi connectivity index (χ3n) is 11.7. The van der Waals surface area contributed by atoms with Gasteiger partial charge in [0.15, 0.2) is 0 Å². The Morgan fingerprint density at radius 2 is 1.92 bits per heavy atom. The highest BCUT2D eigenvalue weighted by atomic mass is 16.5. The zero-order valence-electron chi connectivity index (χ0n) is 25.0. The number of nitrogens with one attached hydrogen (secondary N) is 1. The van der Waals surface area contributed by atoms with E-state index in [1.807, 2.05) is 0 Å². The van der Waals surface area contributed by atoms with E-state index in [0.717, 1.165) is 76.4 Å². The number of fused-ring (bicyclic) bond motifs is 5. The molecular formula is C35H53NO3. The van der Waals surface area contributed by atoms with Crippen LogP contribution in [-0.4, -0.2) is 29.6 Å². The van der Waals surface area contributed by atoms with E-state index in [-0.39, 0.29) is 16.9 Å². The average molecular weight is 536 g/mol. The van der Waals surface area contributed by atoms with Crippen LogP contribution in [0, 0.1) is 28.6 Å². The first-order valence-corrected chi connectivity index (χ1v) is 16.2. The van der Waals surface area contributed by atoms with Gasteiger partial charge in [-0.15, -0.1) is 0 Å². The Hall–Kier alpha value is -1.65. The molecule has 4 aliphatic rings. The summed E-state index contributed by atoms with van der Waals surface area (Å²) in [6.45, 7) is 9.90. The molecule has 0 radical (unpaired) electrons. The van der Waals surface area contributed by atoms with Gasteiger partial charge in [-0.05, 0) is 105 Å². The summed E-state index contributed by atoms with van der Waals surface area (Å²) in [6, 6.07) is 9.62. The van der Waals surface area contributed by atoms with Crippen molar-refractivity contribution in [3.05, 3.63) is 41.5 Å². The van der Waals surface area contributed by atoms with Gasteiger partial charge in [-0.2, -0.15) is 0 Å². The molecule has 0 aromatic heterocycles. The van der Waals surface area contributed by atoms with E-state index in [9.17, 15) is 9.90 Å². The second-order valence-electron chi connectivity index (χ2n) is 13.5. The van der Waals surface area contributed by atoms with Crippen LogP contribution in [0.4, 0.5) is 0 Å². The van der Waals surface area contributed by atoms with Gasteiger partial charge < -0.3 is 15.2 Å². The monoisotopic (exact) mass is 535 g/mol. The third kappa shape index (κ3) is 5.49. The number of benzene rings is 1. The molecule has 5 rings (SSSR count). The molecule has 4 aliphatic carbocycles. The fourth-order valence-corrected chi connectivity index (χ4v) is 9.36. The number of aliphatic hydroxyl groups excluding tert-OH is 1. The molecule has 4 heteroatoms. The number of carbonyl (C=O) groups is 1. The Morgan fingerprint density at radius 1 is 1.10 bits per heavy atom. The van der Waals surface area contributed by atoms with E-state index >= 15 is 0 Å². The fourth-order valence-electron chi connectivity index (χ4n) is 9.36. The van der Waals surface area contributed by atoms with E-state index in [1.54, 1.807) is 0 Å². The first-order valence-electron chi connectivity index (χ1n) is 16.2. The molecule has 1 aromatic carbocycles. The number of ether oxygens (including phenoxy) is 1. The topological polar surface area (TPSA) is 58.6 Å². The SMILES string of the molecule is CCCC(NC(CC)CC)c1cccc(OCC[C@]23CCC4C(CC=C5CC(=O)CC[C@@]54C)C2CC[C@@H]3O)c1. The third-order valence-corrected chi connectivity index (χ3v) is 11.7. The van der Waals surface area contributed by atoms with Crippen LogP contribution >= 0.6 is 0 Å². The van der Waals surface area contributed by atoms with Gasteiger partial charge in [0.05, 0.1) is 12.7 Å². The molecule has 4 nitrogen and oxygen atoms in total. The van der Waals surface area contributed by atoms with Crippen LogP contribution in [0.3, 0.4) is 0 Å². The number of hydrogen-bond acceptors (Lipinski definition) is 4. The Labute approximate surface area is 237 Å². The molecule has 0 bridgehead atoms. The first kappa shape index (κ1) is 28.9. The van der Waals surface area contributed by atoms with Crippen LogP contribution in [-0.2, 0) is 4.79 Å². The highest BCUT2D eigenvalue weighted by molar-refractivity contribution is 5.82.